The molecule has 4 aromatic carbocycles. The molecule has 0 aliphatic carbocycles. The Hall–Kier alpha value is -4.74. The number of halogens is 1. The van der Waals surface area contributed by atoms with E-state index < -0.39 is 20.9 Å². The summed E-state index contributed by atoms with van der Waals surface area (Å²) in [6, 6.07) is 26.2. The van der Waals surface area contributed by atoms with Gasteiger partial charge in [-0.05, 0) is 83.4 Å². The second-order valence-electron chi connectivity index (χ2n) is 8.89. The van der Waals surface area contributed by atoms with Crippen LogP contribution in [-0.4, -0.2) is 31.7 Å². The van der Waals surface area contributed by atoms with Crippen LogP contribution in [0.4, 0.5) is 11.4 Å². The van der Waals surface area contributed by atoms with Crippen molar-refractivity contribution < 1.29 is 22.9 Å². The van der Waals surface area contributed by atoms with E-state index in [1.54, 1.807) is 72.8 Å². The number of ether oxygens (including phenoxy) is 1. The lowest BCUT2D eigenvalue weighted by Gasteiger charge is -2.23. The molecule has 10 nitrogen and oxygen atoms in total. The van der Waals surface area contributed by atoms with Crippen LogP contribution in [-0.2, 0) is 23.2 Å². The number of carbonyl (C=O) groups excluding carboxylic acids is 1. The predicted octanol–water partition coefficient (Wildman–Crippen LogP) is 5.56. The minimum Gasteiger partial charge on any atom is -0.489 e. The van der Waals surface area contributed by atoms with E-state index >= 15 is 0 Å². The van der Waals surface area contributed by atoms with Crippen molar-refractivity contribution in [1.29, 1.82) is 0 Å². The Labute approximate surface area is 242 Å². The van der Waals surface area contributed by atoms with Crippen LogP contribution in [0.1, 0.15) is 27.0 Å². The van der Waals surface area contributed by atoms with Crippen LogP contribution < -0.4 is 14.5 Å². The van der Waals surface area contributed by atoms with Gasteiger partial charge in [-0.1, -0.05) is 29.8 Å². The summed E-state index contributed by atoms with van der Waals surface area (Å²) in [7, 11) is -3.62. The number of sulfonamides is 1. The number of anilines is 1. The lowest BCUT2D eigenvalue weighted by Crippen LogP contribution is -2.29. The van der Waals surface area contributed by atoms with Crippen molar-refractivity contribution in [3.8, 4) is 5.75 Å². The van der Waals surface area contributed by atoms with E-state index in [2.05, 4.69) is 10.5 Å². The van der Waals surface area contributed by atoms with E-state index in [1.807, 2.05) is 0 Å². The van der Waals surface area contributed by atoms with Crippen LogP contribution in [0.15, 0.2) is 102 Å². The van der Waals surface area contributed by atoms with Crippen molar-refractivity contribution in [3.05, 3.63) is 134 Å². The second-order valence-corrected chi connectivity index (χ2v) is 11.2. The molecular formula is C29H25ClN4O6S. The number of nitrogens with one attached hydrogen (secondary N) is 1. The van der Waals surface area contributed by atoms with E-state index in [-0.39, 0.29) is 18.8 Å². The van der Waals surface area contributed by atoms with Gasteiger partial charge in [0, 0.05) is 22.7 Å². The quantitative estimate of drug-likeness (QED) is 0.138. The number of nitro groups is 1. The fourth-order valence-electron chi connectivity index (χ4n) is 3.72. The van der Waals surface area contributed by atoms with Gasteiger partial charge in [0.25, 0.3) is 11.6 Å². The van der Waals surface area contributed by atoms with Crippen molar-refractivity contribution in [2.75, 3.05) is 10.6 Å². The molecule has 12 heteroatoms. The summed E-state index contributed by atoms with van der Waals surface area (Å²) in [4.78, 5) is 22.8. The van der Waals surface area contributed by atoms with E-state index in [1.165, 1.54) is 34.8 Å². The number of nitro benzene ring substituents is 1. The van der Waals surface area contributed by atoms with Gasteiger partial charge >= 0.3 is 0 Å². The number of benzene rings is 4. The highest BCUT2D eigenvalue weighted by molar-refractivity contribution is 7.92. The molecule has 41 heavy (non-hydrogen) atoms. The Bertz CT molecular complexity index is 1660. The molecule has 0 unspecified atom stereocenters. The molecule has 210 valence electrons. The number of hydrogen-bond donors (Lipinski definition) is 1. The minimum absolute atomic E-state index is 0.0182. The maximum Gasteiger partial charge on any atom is 0.271 e. The first kappa shape index (κ1) is 29.2. The SMILES string of the molecule is CS(=O)(=O)N(Cc1ccccc1Cl)c1ccc(C(=O)N/N=C\c2ccc(OCc3ccc([N+](=O)[O-])cc3)cc2)cc1. The van der Waals surface area contributed by atoms with Crippen molar-refractivity contribution >= 4 is 45.1 Å². The van der Waals surface area contributed by atoms with E-state index in [0.29, 0.717) is 33.1 Å². The molecular weight excluding hydrogens is 568 g/mol. The first-order valence-corrected chi connectivity index (χ1v) is 14.4. The molecule has 1 N–H and O–H groups in total. The van der Waals surface area contributed by atoms with Gasteiger partial charge < -0.3 is 4.74 Å². The predicted molar refractivity (Wildman–Crippen MR) is 158 cm³/mol. The van der Waals surface area contributed by atoms with Gasteiger partial charge in [0.05, 0.1) is 29.6 Å². The third-order valence-electron chi connectivity index (χ3n) is 5.90. The van der Waals surface area contributed by atoms with Gasteiger partial charge in [-0.25, -0.2) is 13.8 Å². The number of hydrogen-bond acceptors (Lipinski definition) is 7. The third kappa shape index (κ3) is 8.13. The monoisotopic (exact) mass is 592 g/mol. The summed E-state index contributed by atoms with van der Waals surface area (Å²) in [5.41, 5.74) is 5.32. The van der Waals surface area contributed by atoms with Crippen molar-refractivity contribution in [1.82, 2.24) is 5.43 Å². The van der Waals surface area contributed by atoms with Gasteiger partial charge in [0.2, 0.25) is 10.0 Å². The number of hydrazone groups is 1. The van der Waals surface area contributed by atoms with Gasteiger partial charge in [0.1, 0.15) is 12.4 Å². The van der Waals surface area contributed by atoms with Crippen LogP contribution in [0.3, 0.4) is 0 Å². The summed E-state index contributed by atoms with van der Waals surface area (Å²) in [5.74, 6) is 0.134. The van der Waals surface area contributed by atoms with Crippen LogP contribution in [0.2, 0.25) is 5.02 Å². The van der Waals surface area contributed by atoms with Gasteiger partial charge in [-0.3, -0.25) is 19.2 Å². The molecule has 0 aliphatic heterocycles. The maximum atomic E-state index is 12.5. The zero-order valence-corrected chi connectivity index (χ0v) is 23.4. The molecule has 4 aromatic rings. The fourth-order valence-corrected chi connectivity index (χ4v) is 4.79. The van der Waals surface area contributed by atoms with Crippen LogP contribution in [0.25, 0.3) is 0 Å². The third-order valence-corrected chi connectivity index (χ3v) is 7.41. The Morgan fingerprint density at radius 3 is 2.27 bits per heavy atom. The summed E-state index contributed by atoms with van der Waals surface area (Å²) >= 11 is 6.21. The normalized spacial score (nSPS) is 11.3. The molecule has 1 amide bonds. The Balaban J connectivity index is 1.32. The number of nitrogens with zero attached hydrogens (tertiary/aromatic N) is 3. The van der Waals surface area contributed by atoms with Crippen LogP contribution >= 0.6 is 11.6 Å². The van der Waals surface area contributed by atoms with Gasteiger partial charge in [-0.2, -0.15) is 5.10 Å². The summed E-state index contributed by atoms with van der Waals surface area (Å²) in [6.45, 7) is 0.303. The molecule has 0 bridgehead atoms. The highest BCUT2D eigenvalue weighted by Gasteiger charge is 2.19. The summed E-state index contributed by atoms with van der Waals surface area (Å²) < 4.78 is 31.8. The summed E-state index contributed by atoms with van der Waals surface area (Å²) in [5, 5.41) is 15.2. The van der Waals surface area contributed by atoms with E-state index in [4.69, 9.17) is 16.3 Å². The highest BCUT2D eigenvalue weighted by atomic mass is 35.5. The molecule has 0 saturated heterocycles. The zero-order valence-electron chi connectivity index (χ0n) is 21.8. The number of non-ortho nitro benzene ring substituents is 1. The second kappa shape index (κ2) is 13.1. The maximum absolute atomic E-state index is 12.5. The smallest absolute Gasteiger partial charge is 0.271 e. The lowest BCUT2D eigenvalue weighted by molar-refractivity contribution is -0.384. The van der Waals surface area contributed by atoms with Crippen LogP contribution in [0.5, 0.6) is 5.75 Å². The number of rotatable bonds is 11. The molecule has 0 aliphatic rings. The Kier molecular flexibility index (Phi) is 9.33. The molecule has 0 radical (unpaired) electrons. The first-order chi connectivity index (χ1) is 19.6. The standard InChI is InChI=1S/C29H25ClN4O6S/c1-41(38,39)33(19-24-4-2-3-5-28(24)30)25-14-10-23(11-15-25)29(35)32-31-18-21-8-16-27(17-9-21)40-20-22-6-12-26(13-7-22)34(36)37/h2-18H,19-20H2,1H3,(H,32,35)/b31-18-. The van der Waals surface area contributed by atoms with Crippen molar-refractivity contribution in [2.24, 2.45) is 5.10 Å². The zero-order chi connectivity index (χ0) is 29.4. The van der Waals surface area contributed by atoms with E-state index in [9.17, 15) is 23.3 Å². The van der Waals surface area contributed by atoms with Crippen LogP contribution in [0, 0.1) is 10.1 Å². The molecule has 0 fully saturated rings. The largest absolute Gasteiger partial charge is 0.489 e. The van der Waals surface area contributed by atoms with Gasteiger partial charge in [-0.15, -0.1) is 0 Å². The molecule has 0 aromatic heterocycles. The van der Waals surface area contributed by atoms with Crippen molar-refractivity contribution in [3.63, 3.8) is 0 Å². The fraction of sp³-hybridized carbons (Fsp3) is 0.103. The van der Waals surface area contributed by atoms with Gasteiger partial charge in [0.15, 0.2) is 0 Å². The molecule has 4 rings (SSSR count). The lowest BCUT2D eigenvalue weighted by atomic mass is 10.2. The molecule has 0 atom stereocenters. The first-order valence-electron chi connectivity index (χ1n) is 12.2. The van der Waals surface area contributed by atoms with E-state index in [0.717, 1.165) is 11.8 Å². The Morgan fingerprint density at radius 1 is 1.00 bits per heavy atom. The number of amides is 1. The topological polar surface area (TPSA) is 131 Å². The van der Waals surface area contributed by atoms with Crippen molar-refractivity contribution in [2.45, 2.75) is 13.2 Å². The average Bonchev–Trinajstić information content (AvgIpc) is 2.96. The average molecular weight is 593 g/mol. The summed E-state index contributed by atoms with van der Waals surface area (Å²) in [6.07, 6.45) is 2.58. The number of carbonyl (C=O) groups is 1. The molecule has 0 saturated carbocycles. The minimum atomic E-state index is -3.62. The highest BCUT2D eigenvalue weighted by Crippen LogP contribution is 2.24. The Morgan fingerprint density at radius 2 is 1.66 bits per heavy atom. The molecule has 0 heterocycles. The molecule has 0 spiro atoms.